The molecule has 0 N–H and O–H groups in total. The van der Waals surface area contributed by atoms with Gasteiger partial charge in [-0.1, -0.05) is 41.2 Å². The summed E-state index contributed by atoms with van der Waals surface area (Å²) in [6, 6.07) is 0. The Hall–Kier alpha value is -0.830. The zero-order chi connectivity index (χ0) is 25.9. The standard InChI is InChI=1S/C33H52O3/c1-21(2)33(20-35-33)16-11-22(3)24-12-14-30(8)26-10-9-25-28(5,6)27(36-23(4)34)13-15-31(25)19-32(26,31)18-17-29(24,30)7/h22,24-27H,1,9-20H2,2-8H3/t22?,24-,25+,26?,27+,29-,30+,31?,32+,33?/m1/s1. The number of esters is 1. The Morgan fingerprint density at radius 3 is 2.25 bits per heavy atom. The average Bonchev–Trinajstić information content (AvgIpc) is 3.69. The number of ether oxygens (including phenoxy) is 2. The third kappa shape index (κ3) is 3.05. The summed E-state index contributed by atoms with van der Waals surface area (Å²) >= 11 is 0. The largest absolute Gasteiger partial charge is 0.462 e. The quantitative estimate of drug-likeness (QED) is 0.212. The first-order valence-corrected chi connectivity index (χ1v) is 15.3. The van der Waals surface area contributed by atoms with Gasteiger partial charge in [0.2, 0.25) is 0 Å². The summed E-state index contributed by atoms with van der Waals surface area (Å²) in [6.45, 7) is 21.7. The number of hydrogen-bond donors (Lipinski definition) is 0. The average molecular weight is 497 g/mol. The highest BCUT2D eigenvalue weighted by Gasteiger charge is 2.82. The monoisotopic (exact) mass is 496 g/mol. The van der Waals surface area contributed by atoms with Crippen LogP contribution >= 0.6 is 0 Å². The molecular formula is C33H52O3. The Labute approximate surface area is 220 Å². The summed E-state index contributed by atoms with van der Waals surface area (Å²) in [4.78, 5) is 11.9. The third-order valence-electron chi connectivity index (χ3n) is 14.4. The van der Waals surface area contributed by atoms with Gasteiger partial charge in [0, 0.05) is 12.3 Å². The molecule has 6 rings (SSSR count). The van der Waals surface area contributed by atoms with Crippen molar-refractivity contribution in [2.24, 2.45) is 50.7 Å². The van der Waals surface area contributed by atoms with E-state index in [9.17, 15) is 4.79 Å². The zero-order valence-electron chi connectivity index (χ0n) is 24.3. The molecule has 0 radical (unpaired) electrons. The topological polar surface area (TPSA) is 38.8 Å². The van der Waals surface area contributed by atoms with Crippen molar-refractivity contribution in [3.63, 3.8) is 0 Å². The van der Waals surface area contributed by atoms with Gasteiger partial charge in [0.25, 0.3) is 0 Å². The number of carbonyl (C=O) groups is 1. The molecule has 1 heterocycles. The Morgan fingerprint density at radius 2 is 1.61 bits per heavy atom. The SMILES string of the molecule is C=C(C)C1(CCC(C)[C@H]2CC[C@@]3(C)C4CC[C@H]5C(C)(C)[C@@H](OC(C)=O)CCC56C[C@@]46CC[C@]23C)CO1. The molecule has 5 saturated carbocycles. The van der Waals surface area contributed by atoms with Crippen LogP contribution in [0.1, 0.15) is 119 Å². The lowest BCUT2D eigenvalue weighted by molar-refractivity contribution is -0.181. The second-order valence-electron chi connectivity index (χ2n) is 15.7. The predicted molar refractivity (Wildman–Crippen MR) is 144 cm³/mol. The van der Waals surface area contributed by atoms with Gasteiger partial charge in [-0.2, -0.15) is 0 Å². The van der Waals surface area contributed by atoms with Gasteiger partial charge in [0.15, 0.2) is 0 Å². The van der Waals surface area contributed by atoms with Crippen LogP contribution in [0.5, 0.6) is 0 Å². The van der Waals surface area contributed by atoms with Crippen molar-refractivity contribution < 1.29 is 14.3 Å². The van der Waals surface area contributed by atoms with Gasteiger partial charge < -0.3 is 9.47 Å². The zero-order valence-corrected chi connectivity index (χ0v) is 24.3. The Bertz CT molecular complexity index is 962. The molecule has 1 saturated heterocycles. The normalized spacial score (nSPS) is 52.8. The van der Waals surface area contributed by atoms with Crippen LogP contribution in [-0.4, -0.2) is 24.3 Å². The van der Waals surface area contributed by atoms with Gasteiger partial charge in [-0.15, -0.1) is 0 Å². The number of fused-ring (bicyclic) bond motifs is 2. The van der Waals surface area contributed by atoms with Gasteiger partial charge in [-0.25, -0.2) is 0 Å². The van der Waals surface area contributed by atoms with E-state index in [0.29, 0.717) is 27.6 Å². The van der Waals surface area contributed by atoms with E-state index >= 15 is 0 Å². The summed E-state index contributed by atoms with van der Waals surface area (Å²) in [5.41, 5.74) is 3.33. The number of rotatable bonds is 6. The van der Waals surface area contributed by atoms with Crippen molar-refractivity contribution in [3.8, 4) is 0 Å². The molecule has 36 heavy (non-hydrogen) atoms. The van der Waals surface area contributed by atoms with Crippen molar-refractivity contribution in [1.82, 2.24) is 0 Å². The van der Waals surface area contributed by atoms with E-state index in [0.717, 1.165) is 37.2 Å². The van der Waals surface area contributed by atoms with Crippen LogP contribution < -0.4 is 0 Å². The van der Waals surface area contributed by atoms with Crippen molar-refractivity contribution >= 4 is 5.97 Å². The van der Waals surface area contributed by atoms with Crippen molar-refractivity contribution in [2.75, 3.05) is 6.61 Å². The van der Waals surface area contributed by atoms with E-state index in [1.165, 1.54) is 63.4 Å². The van der Waals surface area contributed by atoms with Crippen LogP contribution in [0.3, 0.4) is 0 Å². The maximum Gasteiger partial charge on any atom is 0.302 e. The van der Waals surface area contributed by atoms with Crippen LogP contribution in [0, 0.1) is 50.7 Å². The molecule has 6 fully saturated rings. The highest BCUT2D eigenvalue weighted by molar-refractivity contribution is 5.66. The van der Waals surface area contributed by atoms with Gasteiger partial charge in [0.1, 0.15) is 11.7 Å². The minimum absolute atomic E-state index is 0.00419. The number of hydrogen-bond acceptors (Lipinski definition) is 3. The summed E-state index contributed by atoms with van der Waals surface area (Å²) in [5, 5.41) is 0. The highest BCUT2D eigenvalue weighted by Crippen LogP contribution is 2.89. The second-order valence-corrected chi connectivity index (χ2v) is 15.7. The molecule has 0 aromatic rings. The van der Waals surface area contributed by atoms with Crippen LogP contribution in [-0.2, 0) is 14.3 Å². The smallest absolute Gasteiger partial charge is 0.302 e. The Balaban J connectivity index is 1.22. The van der Waals surface area contributed by atoms with Crippen LogP contribution in [0.2, 0.25) is 0 Å². The molecule has 0 aromatic heterocycles. The number of carbonyl (C=O) groups excluding carboxylic acids is 1. The lowest BCUT2D eigenvalue weighted by Gasteiger charge is -2.63. The first-order chi connectivity index (χ1) is 16.8. The van der Waals surface area contributed by atoms with E-state index in [-0.39, 0.29) is 23.1 Å². The first-order valence-electron chi connectivity index (χ1n) is 15.3. The molecule has 0 bridgehead atoms. The fourth-order valence-corrected chi connectivity index (χ4v) is 12.1. The molecule has 10 atom stereocenters. The minimum Gasteiger partial charge on any atom is -0.462 e. The van der Waals surface area contributed by atoms with E-state index in [1.54, 1.807) is 6.92 Å². The highest BCUT2D eigenvalue weighted by atomic mass is 16.6. The summed E-state index contributed by atoms with van der Waals surface area (Å²) in [7, 11) is 0. The van der Waals surface area contributed by atoms with Crippen LogP contribution in [0.15, 0.2) is 12.2 Å². The fraction of sp³-hybridized carbons (Fsp3) is 0.909. The summed E-state index contributed by atoms with van der Waals surface area (Å²) in [5.74, 6) is 3.09. The molecule has 0 aromatic carbocycles. The van der Waals surface area contributed by atoms with Crippen molar-refractivity contribution in [1.29, 1.82) is 0 Å². The summed E-state index contributed by atoms with van der Waals surface area (Å²) < 4.78 is 11.8. The Kier molecular flexibility index (Phi) is 5.40. The first kappa shape index (κ1) is 25.4. The van der Waals surface area contributed by atoms with Crippen molar-refractivity contribution in [2.45, 2.75) is 131 Å². The lowest BCUT2D eigenvalue weighted by atomic mass is 9.41. The van der Waals surface area contributed by atoms with E-state index in [2.05, 4.69) is 48.1 Å². The molecule has 2 spiro atoms. The molecule has 202 valence electrons. The predicted octanol–water partition coefficient (Wildman–Crippen LogP) is 8.12. The van der Waals surface area contributed by atoms with Gasteiger partial charge in [-0.05, 0) is 128 Å². The molecule has 3 nitrogen and oxygen atoms in total. The molecule has 4 unspecified atom stereocenters. The van der Waals surface area contributed by atoms with E-state index in [4.69, 9.17) is 9.47 Å². The van der Waals surface area contributed by atoms with Gasteiger partial charge in [0.05, 0.1) is 6.61 Å². The fourth-order valence-electron chi connectivity index (χ4n) is 12.1. The molecule has 3 heteroatoms. The maximum absolute atomic E-state index is 11.9. The van der Waals surface area contributed by atoms with Crippen molar-refractivity contribution in [3.05, 3.63) is 12.2 Å². The van der Waals surface area contributed by atoms with E-state index < -0.39 is 0 Å². The maximum atomic E-state index is 11.9. The molecule has 6 aliphatic rings. The van der Waals surface area contributed by atoms with E-state index in [1.807, 2.05) is 0 Å². The third-order valence-corrected chi connectivity index (χ3v) is 14.4. The van der Waals surface area contributed by atoms with Gasteiger partial charge >= 0.3 is 5.97 Å². The minimum atomic E-state index is -0.0993. The summed E-state index contributed by atoms with van der Waals surface area (Å²) in [6.07, 6.45) is 14.8. The molecular weight excluding hydrogens is 444 g/mol. The van der Waals surface area contributed by atoms with Crippen LogP contribution in [0.25, 0.3) is 0 Å². The molecule has 0 amide bonds. The lowest BCUT2D eigenvalue weighted by Crippen LogP contribution is -2.58. The number of epoxide rings is 1. The molecule has 5 aliphatic carbocycles. The van der Waals surface area contributed by atoms with Crippen LogP contribution in [0.4, 0.5) is 0 Å². The Morgan fingerprint density at radius 1 is 0.944 bits per heavy atom. The molecule has 1 aliphatic heterocycles. The second kappa shape index (κ2) is 7.64. The van der Waals surface area contributed by atoms with Gasteiger partial charge in [-0.3, -0.25) is 4.79 Å².